The Hall–Kier alpha value is -3.40. The first-order valence-electron chi connectivity index (χ1n) is 9.14. The number of benzene rings is 3. The fourth-order valence-corrected chi connectivity index (χ4v) is 3.14. The van der Waals surface area contributed by atoms with Crippen molar-refractivity contribution in [2.24, 2.45) is 0 Å². The highest BCUT2D eigenvalue weighted by atomic mass is 15.4. The van der Waals surface area contributed by atoms with Gasteiger partial charge >= 0.3 is 0 Å². The Bertz CT molecular complexity index is 949. The second kappa shape index (κ2) is 8.32. The van der Waals surface area contributed by atoms with Crippen LogP contribution in [0.4, 0.5) is 5.69 Å². The predicted octanol–water partition coefficient (Wildman–Crippen LogP) is 4.53. The molecule has 0 bridgehead atoms. The molecule has 4 rings (SSSR count). The molecule has 0 aliphatic carbocycles. The number of aromatic nitrogens is 3. The molecule has 0 atom stereocenters. The third kappa shape index (κ3) is 4.61. The molecule has 1 aromatic heterocycles. The number of nitrogens with zero attached hydrogens (tertiary/aromatic N) is 4. The van der Waals surface area contributed by atoms with Gasteiger partial charge in [-0.05, 0) is 23.3 Å². The molecular weight excluding hydrogens is 332 g/mol. The maximum Gasteiger partial charge on any atom is 0.102 e. The van der Waals surface area contributed by atoms with Crippen molar-refractivity contribution >= 4 is 5.69 Å². The SMILES string of the molecule is c1ccc(CN(Cc2cn(Cc3ccccc3)nn2)c2ccccc2)cc1. The monoisotopic (exact) mass is 354 g/mol. The highest BCUT2D eigenvalue weighted by Gasteiger charge is 2.11. The maximum absolute atomic E-state index is 4.39. The van der Waals surface area contributed by atoms with Gasteiger partial charge in [-0.2, -0.15) is 0 Å². The minimum atomic E-state index is 0.716. The van der Waals surface area contributed by atoms with Crippen LogP contribution in [0.15, 0.2) is 97.2 Å². The molecule has 3 aromatic carbocycles. The lowest BCUT2D eigenvalue weighted by atomic mass is 10.2. The Morgan fingerprint density at radius 2 is 1.26 bits per heavy atom. The lowest BCUT2D eigenvalue weighted by molar-refractivity contribution is 0.649. The van der Waals surface area contributed by atoms with Crippen LogP contribution < -0.4 is 4.90 Å². The number of rotatable bonds is 7. The Morgan fingerprint density at radius 3 is 1.93 bits per heavy atom. The van der Waals surface area contributed by atoms with E-state index in [1.54, 1.807) is 0 Å². The van der Waals surface area contributed by atoms with Gasteiger partial charge in [0.15, 0.2) is 0 Å². The van der Waals surface area contributed by atoms with Gasteiger partial charge in [-0.1, -0.05) is 84.1 Å². The van der Waals surface area contributed by atoms with Gasteiger partial charge in [0.05, 0.1) is 19.3 Å². The van der Waals surface area contributed by atoms with Crippen LogP contribution in [-0.4, -0.2) is 15.0 Å². The van der Waals surface area contributed by atoms with Crippen molar-refractivity contribution in [2.45, 2.75) is 19.6 Å². The Labute approximate surface area is 159 Å². The summed E-state index contributed by atoms with van der Waals surface area (Å²) in [6.45, 7) is 2.28. The minimum absolute atomic E-state index is 0.716. The molecular formula is C23H22N4. The van der Waals surface area contributed by atoms with Crippen LogP contribution in [0.2, 0.25) is 0 Å². The van der Waals surface area contributed by atoms with Crippen LogP contribution in [0.5, 0.6) is 0 Å². The van der Waals surface area contributed by atoms with Gasteiger partial charge in [-0.25, -0.2) is 4.68 Å². The standard InChI is InChI=1S/C23H22N4/c1-4-10-20(11-5-1)16-26(23-14-8-3-9-15-23)18-22-19-27(25-24-22)17-21-12-6-2-7-13-21/h1-15,19H,16-18H2. The number of hydrogen-bond donors (Lipinski definition) is 0. The second-order valence-electron chi connectivity index (χ2n) is 6.57. The minimum Gasteiger partial charge on any atom is -0.361 e. The molecule has 1 heterocycles. The molecule has 0 aliphatic heterocycles. The van der Waals surface area contributed by atoms with Crippen LogP contribution in [0, 0.1) is 0 Å². The fraction of sp³-hybridized carbons (Fsp3) is 0.130. The Morgan fingerprint density at radius 1 is 0.667 bits per heavy atom. The third-order valence-corrected chi connectivity index (χ3v) is 4.46. The molecule has 4 nitrogen and oxygen atoms in total. The zero-order chi connectivity index (χ0) is 18.3. The van der Waals surface area contributed by atoms with Crippen molar-refractivity contribution in [3.05, 3.63) is 114 Å². The molecule has 0 radical (unpaired) electrons. The molecule has 134 valence electrons. The van der Waals surface area contributed by atoms with Crippen molar-refractivity contribution in [3.8, 4) is 0 Å². The smallest absolute Gasteiger partial charge is 0.102 e. The van der Waals surface area contributed by atoms with E-state index in [1.165, 1.54) is 16.8 Å². The van der Waals surface area contributed by atoms with Gasteiger partial charge in [0.2, 0.25) is 0 Å². The first kappa shape index (κ1) is 17.0. The van der Waals surface area contributed by atoms with Crippen molar-refractivity contribution in [1.82, 2.24) is 15.0 Å². The molecule has 0 spiro atoms. The van der Waals surface area contributed by atoms with E-state index >= 15 is 0 Å². The van der Waals surface area contributed by atoms with E-state index < -0.39 is 0 Å². The molecule has 4 aromatic rings. The summed E-state index contributed by atoms with van der Waals surface area (Å²) in [5.74, 6) is 0. The van der Waals surface area contributed by atoms with Crippen molar-refractivity contribution in [1.29, 1.82) is 0 Å². The van der Waals surface area contributed by atoms with Crippen LogP contribution in [0.3, 0.4) is 0 Å². The van der Waals surface area contributed by atoms with E-state index in [0.29, 0.717) is 6.54 Å². The average molecular weight is 354 g/mol. The molecule has 0 aliphatic rings. The first-order chi connectivity index (χ1) is 13.4. The van der Waals surface area contributed by atoms with E-state index in [0.717, 1.165) is 18.8 Å². The Balaban J connectivity index is 1.51. The molecule has 0 amide bonds. The first-order valence-corrected chi connectivity index (χ1v) is 9.14. The highest BCUT2D eigenvalue weighted by molar-refractivity contribution is 5.46. The summed E-state index contributed by atoms with van der Waals surface area (Å²) in [6, 6.07) is 31.3. The van der Waals surface area contributed by atoms with Crippen LogP contribution in [0.25, 0.3) is 0 Å². The van der Waals surface area contributed by atoms with Crippen LogP contribution in [-0.2, 0) is 19.6 Å². The molecule has 0 saturated heterocycles. The van der Waals surface area contributed by atoms with Gasteiger partial charge in [-0.3, -0.25) is 0 Å². The van der Waals surface area contributed by atoms with Gasteiger partial charge in [-0.15, -0.1) is 5.10 Å². The third-order valence-electron chi connectivity index (χ3n) is 4.46. The van der Waals surface area contributed by atoms with Gasteiger partial charge in [0.25, 0.3) is 0 Å². The summed E-state index contributed by atoms with van der Waals surface area (Å²) >= 11 is 0. The van der Waals surface area contributed by atoms with Crippen molar-refractivity contribution in [2.75, 3.05) is 4.90 Å². The van der Waals surface area contributed by atoms with Crippen LogP contribution >= 0.6 is 0 Å². The van der Waals surface area contributed by atoms with Gasteiger partial charge in [0.1, 0.15) is 5.69 Å². The maximum atomic E-state index is 4.39. The predicted molar refractivity (Wildman–Crippen MR) is 108 cm³/mol. The summed E-state index contributed by atoms with van der Waals surface area (Å²) in [7, 11) is 0. The normalized spacial score (nSPS) is 10.7. The molecule has 0 N–H and O–H groups in total. The average Bonchev–Trinajstić information content (AvgIpc) is 3.16. The van der Waals surface area contributed by atoms with E-state index in [4.69, 9.17) is 0 Å². The molecule has 4 heteroatoms. The van der Waals surface area contributed by atoms with E-state index in [2.05, 4.69) is 75.9 Å². The second-order valence-corrected chi connectivity index (χ2v) is 6.57. The van der Waals surface area contributed by atoms with Crippen molar-refractivity contribution < 1.29 is 0 Å². The van der Waals surface area contributed by atoms with Crippen molar-refractivity contribution in [3.63, 3.8) is 0 Å². The summed E-state index contributed by atoms with van der Waals surface area (Å²) in [4.78, 5) is 2.33. The van der Waals surface area contributed by atoms with E-state index in [-0.39, 0.29) is 0 Å². The lowest BCUT2D eigenvalue weighted by Gasteiger charge is -2.24. The Kier molecular flexibility index (Phi) is 5.25. The van der Waals surface area contributed by atoms with E-state index in [9.17, 15) is 0 Å². The largest absolute Gasteiger partial charge is 0.361 e. The lowest BCUT2D eigenvalue weighted by Crippen LogP contribution is -2.22. The quantitative estimate of drug-likeness (QED) is 0.489. The number of para-hydroxylation sites is 1. The van der Waals surface area contributed by atoms with E-state index in [1.807, 2.05) is 41.2 Å². The molecule has 0 saturated carbocycles. The number of anilines is 1. The summed E-state index contributed by atoms with van der Waals surface area (Å²) in [5, 5.41) is 8.70. The zero-order valence-corrected chi connectivity index (χ0v) is 15.1. The highest BCUT2D eigenvalue weighted by Crippen LogP contribution is 2.19. The number of hydrogen-bond acceptors (Lipinski definition) is 3. The topological polar surface area (TPSA) is 34.0 Å². The molecule has 0 unspecified atom stereocenters. The van der Waals surface area contributed by atoms with Gasteiger partial charge < -0.3 is 4.90 Å². The molecule has 0 fully saturated rings. The summed E-state index contributed by atoms with van der Waals surface area (Å²) in [5.41, 5.74) is 4.64. The van der Waals surface area contributed by atoms with Gasteiger partial charge in [0, 0.05) is 12.2 Å². The summed E-state index contributed by atoms with van der Waals surface area (Å²) < 4.78 is 1.90. The zero-order valence-electron chi connectivity index (χ0n) is 15.1. The fourth-order valence-electron chi connectivity index (χ4n) is 3.14. The molecule has 27 heavy (non-hydrogen) atoms. The van der Waals surface area contributed by atoms with Crippen LogP contribution in [0.1, 0.15) is 16.8 Å². The summed E-state index contributed by atoms with van der Waals surface area (Å²) in [6.07, 6.45) is 2.04.